The minimum atomic E-state index is -0.411. The molecule has 0 aromatic heterocycles. The van der Waals surface area contributed by atoms with Gasteiger partial charge in [-0.3, -0.25) is 14.9 Å². The Morgan fingerprint density at radius 1 is 1.12 bits per heavy atom. The van der Waals surface area contributed by atoms with Crippen LogP contribution in [-0.2, 0) is 6.42 Å². The van der Waals surface area contributed by atoms with E-state index >= 15 is 0 Å². The van der Waals surface area contributed by atoms with E-state index in [1.54, 1.807) is 24.3 Å². The van der Waals surface area contributed by atoms with E-state index in [0.717, 1.165) is 29.3 Å². The molecule has 0 radical (unpaired) electrons. The Balaban J connectivity index is 2.13. The van der Waals surface area contributed by atoms with Gasteiger partial charge in [0.05, 0.1) is 5.92 Å². The first-order valence-electron chi connectivity index (χ1n) is 8.49. The standard InChI is InChI=1S/C20H22BrNO3/c1-2-3-4-15-5-7-16(8-6-15)18(14-22(24)25)13-20(23)17-9-11-19(21)12-10-17/h5-12,18H,2-4,13-14H2,1H3. The van der Waals surface area contributed by atoms with Crippen LogP contribution in [0.4, 0.5) is 0 Å². The van der Waals surface area contributed by atoms with Crippen molar-refractivity contribution in [1.29, 1.82) is 0 Å². The summed E-state index contributed by atoms with van der Waals surface area (Å²) in [5.41, 5.74) is 2.66. The van der Waals surface area contributed by atoms with Crippen LogP contribution in [-0.4, -0.2) is 17.3 Å². The van der Waals surface area contributed by atoms with Crippen molar-refractivity contribution in [3.63, 3.8) is 0 Å². The Hall–Kier alpha value is -2.01. The van der Waals surface area contributed by atoms with Crippen LogP contribution < -0.4 is 0 Å². The predicted octanol–water partition coefficient (Wildman–Crippen LogP) is 5.43. The molecule has 2 rings (SSSR count). The van der Waals surface area contributed by atoms with Crippen molar-refractivity contribution in [1.82, 2.24) is 0 Å². The van der Waals surface area contributed by atoms with Crippen molar-refractivity contribution < 1.29 is 9.72 Å². The smallest absolute Gasteiger partial charge is 0.211 e. The summed E-state index contributed by atoms with van der Waals surface area (Å²) in [6, 6.07) is 15.0. The molecule has 0 aliphatic carbocycles. The summed E-state index contributed by atoms with van der Waals surface area (Å²) in [5, 5.41) is 11.0. The number of carbonyl (C=O) groups is 1. The summed E-state index contributed by atoms with van der Waals surface area (Å²) in [7, 11) is 0. The van der Waals surface area contributed by atoms with Crippen molar-refractivity contribution >= 4 is 21.7 Å². The summed E-state index contributed by atoms with van der Waals surface area (Å²) < 4.78 is 0.897. The highest BCUT2D eigenvalue weighted by Gasteiger charge is 2.22. The van der Waals surface area contributed by atoms with Crippen molar-refractivity contribution in [3.8, 4) is 0 Å². The Bertz CT molecular complexity index is 711. The second-order valence-corrected chi connectivity index (χ2v) is 7.11. The van der Waals surface area contributed by atoms with E-state index in [9.17, 15) is 14.9 Å². The zero-order valence-corrected chi connectivity index (χ0v) is 15.9. The first kappa shape index (κ1) is 19.3. The number of benzene rings is 2. The van der Waals surface area contributed by atoms with E-state index in [1.807, 2.05) is 24.3 Å². The molecule has 0 saturated heterocycles. The highest BCUT2D eigenvalue weighted by atomic mass is 79.9. The molecule has 0 saturated carbocycles. The average molecular weight is 404 g/mol. The third-order valence-corrected chi connectivity index (χ3v) is 4.77. The second-order valence-electron chi connectivity index (χ2n) is 6.19. The van der Waals surface area contributed by atoms with Crippen LogP contribution >= 0.6 is 15.9 Å². The van der Waals surface area contributed by atoms with E-state index in [-0.39, 0.29) is 23.7 Å². The second kappa shape index (κ2) is 9.47. The Kier molecular flexibility index (Phi) is 7.31. The number of rotatable bonds is 9. The van der Waals surface area contributed by atoms with E-state index in [4.69, 9.17) is 0 Å². The molecule has 0 N–H and O–H groups in total. The summed E-state index contributed by atoms with van der Waals surface area (Å²) >= 11 is 3.34. The average Bonchev–Trinajstić information content (AvgIpc) is 2.60. The molecule has 0 fully saturated rings. The molecule has 1 atom stereocenters. The molecule has 4 nitrogen and oxygen atoms in total. The van der Waals surface area contributed by atoms with Gasteiger partial charge in [-0.2, -0.15) is 0 Å². The molecule has 2 aromatic rings. The number of halogens is 1. The van der Waals surface area contributed by atoms with E-state index < -0.39 is 5.92 Å². The summed E-state index contributed by atoms with van der Waals surface area (Å²) in [5.74, 6) is -0.485. The van der Waals surface area contributed by atoms with Gasteiger partial charge in [0.1, 0.15) is 0 Å². The topological polar surface area (TPSA) is 60.2 Å². The van der Waals surface area contributed by atoms with Gasteiger partial charge in [-0.25, -0.2) is 0 Å². The summed E-state index contributed by atoms with van der Waals surface area (Å²) in [4.78, 5) is 23.2. The molecule has 0 heterocycles. The van der Waals surface area contributed by atoms with Crippen molar-refractivity contribution in [2.75, 3.05) is 6.54 Å². The lowest BCUT2D eigenvalue weighted by molar-refractivity contribution is -0.483. The normalized spacial score (nSPS) is 11.9. The van der Waals surface area contributed by atoms with Crippen molar-refractivity contribution in [2.24, 2.45) is 0 Å². The fourth-order valence-corrected chi connectivity index (χ4v) is 3.05. The van der Waals surface area contributed by atoms with E-state index in [2.05, 4.69) is 22.9 Å². The van der Waals surface area contributed by atoms with Gasteiger partial charge in [0.15, 0.2) is 5.78 Å². The molecule has 0 bridgehead atoms. The molecule has 0 aliphatic rings. The van der Waals surface area contributed by atoms with Gasteiger partial charge >= 0.3 is 0 Å². The number of nitro groups is 1. The van der Waals surface area contributed by atoms with Crippen molar-refractivity contribution in [3.05, 3.63) is 79.8 Å². The largest absolute Gasteiger partial charge is 0.294 e. The van der Waals surface area contributed by atoms with Crippen LogP contribution in [0.15, 0.2) is 53.0 Å². The van der Waals surface area contributed by atoms with Crippen molar-refractivity contribution in [2.45, 2.75) is 38.5 Å². The number of ketones is 1. The molecular weight excluding hydrogens is 382 g/mol. The monoisotopic (exact) mass is 403 g/mol. The molecule has 1 unspecified atom stereocenters. The van der Waals surface area contributed by atoms with Gasteiger partial charge in [-0.15, -0.1) is 0 Å². The van der Waals surface area contributed by atoms with Crippen LogP contribution in [0.1, 0.15) is 53.6 Å². The molecule has 0 aliphatic heterocycles. The number of Topliss-reactive ketones (excluding diaryl/α,β-unsaturated/α-hetero) is 1. The highest BCUT2D eigenvalue weighted by Crippen LogP contribution is 2.24. The molecule has 0 amide bonds. The van der Waals surface area contributed by atoms with Gasteiger partial charge in [0.2, 0.25) is 6.54 Å². The third kappa shape index (κ3) is 6.09. The number of unbranched alkanes of at least 4 members (excludes halogenated alkanes) is 1. The van der Waals surface area contributed by atoms with Gasteiger partial charge in [0.25, 0.3) is 0 Å². The molecular formula is C20H22BrNO3. The minimum absolute atomic E-state index is 0.0746. The first-order valence-corrected chi connectivity index (χ1v) is 9.28. The third-order valence-electron chi connectivity index (χ3n) is 4.24. The maximum Gasteiger partial charge on any atom is 0.211 e. The zero-order chi connectivity index (χ0) is 18.2. The maximum absolute atomic E-state index is 12.5. The summed E-state index contributed by atoms with van der Waals surface area (Å²) in [6.07, 6.45) is 3.40. The lowest BCUT2D eigenvalue weighted by Gasteiger charge is -2.13. The van der Waals surface area contributed by atoms with Crippen LogP contribution in [0.2, 0.25) is 0 Å². The van der Waals surface area contributed by atoms with Gasteiger partial charge in [0, 0.05) is 21.4 Å². The number of nitrogens with zero attached hydrogens (tertiary/aromatic N) is 1. The van der Waals surface area contributed by atoms with Crippen LogP contribution in [0, 0.1) is 10.1 Å². The Labute approximate surface area is 156 Å². The predicted molar refractivity (Wildman–Crippen MR) is 103 cm³/mol. The minimum Gasteiger partial charge on any atom is -0.294 e. The molecule has 25 heavy (non-hydrogen) atoms. The molecule has 2 aromatic carbocycles. The lowest BCUT2D eigenvalue weighted by atomic mass is 9.90. The number of aryl methyl sites for hydroxylation is 1. The van der Waals surface area contributed by atoms with Gasteiger partial charge < -0.3 is 0 Å². The fourth-order valence-electron chi connectivity index (χ4n) is 2.78. The van der Waals surface area contributed by atoms with Crippen LogP contribution in [0.25, 0.3) is 0 Å². The number of hydrogen-bond donors (Lipinski definition) is 0. The Morgan fingerprint density at radius 2 is 1.76 bits per heavy atom. The molecule has 5 heteroatoms. The SMILES string of the molecule is CCCCc1ccc(C(CC(=O)c2ccc(Br)cc2)C[N+](=O)[O-])cc1. The zero-order valence-electron chi connectivity index (χ0n) is 14.3. The summed E-state index contributed by atoms with van der Waals surface area (Å²) in [6.45, 7) is 1.91. The Morgan fingerprint density at radius 3 is 2.32 bits per heavy atom. The number of hydrogen-bond acceptors (Lipinski definition) is 3. The maximum atomic E-state index is 12.5. The van der Waals surface area contributed by atoms with E-state index in [0.29, 0.717) is 5.56 Å². The van der Waals surface area contributed by atoms with E-state index in [1.165, 1.54) is 5.56 Å². The number of carbonyl (C=O) groups excluding carboxylic acids is 1. The van der Waals surface area contributed by atoms with Gasteiger partial charge in [-0.05, 0) is 36.1 Å². The quantitative estimate of drug-likeness (QED) is 0.318. The fraction of sp³-hybridized carbons (Fsp3) is 0.350. The first-order chi connectivity index (χ1) is 12.0. The van der Waals surface area contributed by atoms with Crippen LogP contribution in [0.5, 0.6) is 0 Å². The van der Waals surface area contributed by atoms with Gasteiger partial charge in [-0.1, -0.05) is 65.7 Å². The lowest BCUT2D eigenvalue weighted by Crippen LogP contribution is -2.16. The molecule has 132 valence electrons. The molecule has 0 spiro atoms. The highest BCUT2D eigenvalue weighted by molar-refractivity contribution is 9.10. The van der Waals surface area contributed by atoms with Crippen LogP contribution in [0.3, 0.4) is 0 Å².